The van der Waals surface area contributed by atoms with Gasteiger partial charge >= 0.3 is 5.97 Å². The molecule has 1 aliphatic heterocycles. The van der Waals surface area contributed by atoms with Gasteiger partial charge in [-0.3, -0.25) is 4.79 Å². The van der Waals surface area contributed by atoms with E-state index in [0.29, 0.717) is 30.0 Å². The summed E-state index contributed by atoms with van der Waals surface area (Å²) < 4.78 is 0.733. The number of aliphatic carboxylic acids is 1. The number of likely N-dealkylation sites (tertiary alicyclic amines) is 1. The van der Waals surface area contributed by atoms with Gasteiger partial charge in [0.15, 0.2) is 0 Å². The summed E-state index contributed by atoms with van der Waals surface area (Å²) in [4.78, 5) is 25.3. The minimum absolute atomic E-state index is 0.324. The van der Waals surface area contributed by atoms with E-state index in [0.717, 1.165) is 4.47 Å². The average molecular weight is 347 g/mol. The average Bonchev–Trinajstić information content (AvgIpc) is 2.75. The number of carbonyl (C=O) groups excluding carboxylic acids is 1. The maximum Gasteiger partial charge on any atom is 0.329 e. The second kappa shape index (κ2) is 5.13. The first-order valence-electron chi connectivity index (χ1n) is 5.86. The molecule has 0 radical (unpaired) electrons. The summed E-state index contributed by atoms with van der Waals surface area (Å²) in [5.74, 6) is -1.32. The van der Waals surface area contributed by atoms with Crippen molar-refractivity contribution in [2.24, 2.45) is 0 Å². The fourth-order valence-electron chi connectivity index (χ4n) is 2.32. The minimum atomic E-state index is -1.15. The molecule has 0 spiro atoms. The third kappa shape index (κ3) is 2.49. The molecule has 1 aromatic carbocycles. The number of halogens is 2. The van der Waals surface area contributed by atoms with E-state index in [4.69, 9.17) is 11.6 Å². The molecule has 0 saturated carbocycles. The molecule has 102 valence electrons. The molecular formula is C13H13BrClNO3. The van der Waals surface area contributed by atoms with Crippen molar-refractivity contribution in [3.05, 3.63) is 33.3 Å². The van der Waals surface area contributed by atoms with Crippen LogP contribution in [-0.2, 0) is 4.79 Å². The summed E-state index contributed by atoms with van der Waals surface area (Å²) in [5, 5.41) is 9.65. The minimum Gasteiger partial charge on any atom is -0.480 e. The Balaban J connectivity index is 2.39. The molecule has 1 saturated heterocycles. The molecule has 1 aromatic rings. The van der Waals surface area contributed by atoms with Crippen molar-refractivity contribution in [1.29, 1.82) is 0 Å². The van der Waals surface area contributed by atoms with Crippen LogP contribution in [0.1, 0.15) is 30.1 Å². The number of benzene rings is 1. The zero-order valence-corrected chi connectivity index (χ0v) is 12.7. The molecule has 6 heteroatoms. The predicted octanol–water partition coefficient (Wildman–Crippen LogP) is 3.18. The molecule has 0 aromatic heterocycles. The number of amides is 1. The highest BCUT2D eigenvalue weighted by Crippen LogP contribution is 2.32. The first kappa shape index (κ1) is 14.3. The van der Waals surface area contributed by atoms with Crippen LogP contribution in [0.3, 0.4) is 0 Å². The molecule has 0 aliphatic carbocycles. The van der Waals surface area contributed by atoms with Gasteiger partial charge in [-0.05, 0) is 38.0 Å². The Labute approximate surface area is 124 Å². The monoisotopic (exact) mass is 345 g/mol. The molecule has 1 atom stereocenters. The third-order valence-corrected chi connectivity index (χ3v) is 4.33. The van der Waals surface area contributed by atoms with Crippen molar-refractivity contribution in [2.75, 3.05) is 6.54 Å². The smallest absolute Gasteiger partial charge is 0.329 e. The molecule has 1 fully saturated rings. The zero-order valence-electron chi connectivity index (χ0n) is 10.3. The van der Waals surface area contributed by atoms with E-state index >= 15 is 0 Å². The van der Waals surface area contributed by atoms with Gasteiger partial charge in [0.25, 0.3) is 5.91 Å². The van der Waals surface area contributed by atoms with Crippen LogP contribution in [0.15, 0.2) is 22.7 Å². The van der Waals surface area contributed by atoms with Crippen LogP contribution in [0.25, 0.3) is 0 Å². The van der Waals surface area contributed by atoms with Crippen molar-refractivity contribution in [3.63, 3.8) is 0 Å². The van der Waals surface area contributed by atoms with Crippen molar-refractivity contribution in [1.82, 2.24) is 4.90 Å². The van der Waals surface area contributed by atoms with E-state index in [1.807, 2.05) is 0 Å². The van der Waals surface area contributed by atoms with Crippen molar-refractivity contribution in [2.45, 2.75) is 25.3 Å². The quantitative estimate of drug-likeness (QED) is 0.895. The maximum atomic E-state index is 12.5. The topological polar surface area (TPSA) is 57.6 Å². The molecule has 1 unspecified atom stereocenters. The van der Waals surface area contributed by atoms with Gasteiger partial charge < -0.3 is 10.0 Å². The fraction of sp³-hybridized carbons (Fsp3) is 0.385. The van der Waals surface area contributed by atoms with Crippen LogP contribution in [-0.4, -0.2) is 34.0 Å². The number of hydrogen-bond acceptors (Lipinski definition) is 2. The van der Waals surface area contributed by atoms with Crippen LogP contribution >= 0.6 is 27.5 Å². The van der Waals surface area contributed by atoms with Crippen molar-refractivity contribution in [3.8, 4) is 0 Å². The lowest BCUT2D eigenvalue weighted by Crippen LogP contribution is -2.50. The number of hydrogen-bond donors (Lipinski definition) is 1. The SMILES string of the molecule is CC1(C(=O)O)CCCN1C(=O)c1cc(Br)ccc1Cl. The first-order chi connectivity index (χ1) is 8.86. The summed E-state index contributed by atoms with van der Waals surface area (Å²) in [6, 6.07) is 4.97. The molecule has 4 nitrogen and oxygen atoms in total. The van der Waals surface area contributed by atoms with E-state index < -0.39 is 11.5 Å². The van der Waals surface area contributed by atoms with E-state index in [1.54, 1.807) is 25.1 Å². The summed E-state index contributed by atoms with van der Waals surface area (Å²) in [5.41, 5.74) is -0.826. The zero-order chi connectivity index (χ0) is 14.2. The number of carbonyl (C=O) groups is 2. The Bertz CT molecular complexity index is 549. The summed E-state index contributed by atoms with van der Waals surface area (Å²) in [6.07, 6.45) is 1.14. The number of rotatable bonds is 2. The third-order valence-electron chi connectivity index (χ3n) is 3.51. The van der Waals surface area contributed by atoms with Crippen molar-refractivity contribution < 1.29 is 14.7 Å². The number of nitrogens with zero attached hydrogens (tertiary/aromatic N) is 1. The summed E-state index contributed by atoms with van der Waals surface area (Å²) in [6.45, 7) is 2.01. The Morgan fingerprint density at radius 2 is 2.16 bits per heavy atom. The Kier molecular flexibility index (Phi) is 3.87. The number of carboxylic acids is 1. The lowest BCUT2D eigenvalue weighted by atomic mass is 9.98. The summed E-state index contributed by atoms with van der Waals surface area (Å²) in [7, 11) is 0. The van der Waals surface area contributed by atoms with Gasteiger partial charge in [0.05, 0.1) is 10.6 Å². The van der Waals surface area contributed by atoms with Gasteiger partial charge in [0, 0.05) is 11.0 Å². The second-order valence-electron chi connectivity index (χ2n) is 4.76. The largest absolute Gasteiger partial charge is 0.480 e. The summed E-state index contributed by atoms with van der Waals surface area (Å²) >= 11 is 9.31. The van der Waals surface area contributed by atoms with Crippen LogP contribution in [0, 0.1) is 0 Å². The lowest BCUT2D eigenvalue weighted by Gasteiger charge is -2.31. The number of carboxylic acid groups (broad SMARTS) is 1. The Hall–Kier alpha value is -1.07. The van der Waals surface area contributed by atoms with Gasteiger partial charge in [-0.2, -0.15) is 0 Å². The normalized spacial score (nSPS) is 22.6. The highest BCUT2D eigenvalue weighted by atomic mass is 79.9. The molecule has 0 bridgehead atoms. The highest BCUT2D eigenvalue weighted by molar-refractivity contribution is 9.10. The molecule has 1 N–H and O–H groups in total. The standard InChI is InChI=1S/C13H13BrClNO3/c1-13(12(18)19)5-2-6-16(13)11(17)9-7-8(14)3-4-10(9)15/h3-4,7H,2,5-6H2,1H3,(H,18,19). The van der Waals surface area contributed by atoms with Crippen LogP contribution in [0.2, 0.25) is 5.02 Å². The lowest BCUT2D eigenvalue weighted by molar-refractivity contribution is -0.147. The van der Waals surface area contributed by atoms with E-state index in [1.165, 1.54) is 4.90 Å². The molecular weight excluding hydrogens is 334 g/mol. The van der Waals surface area contributed by atoms with Crippen LogP contribution in [0.5, 0.6) is 0 Å². The molecule has 2 rings (SSSR count). The van der Waals surface area contributed by atoms with E-state index in [-0.39, 0.29) is 5.91 Å². The van der Waals surface area contributed by atoms with E-state index in [9.17, 15) is 14.7 Å². The van der Waals surface area contributed by atoms with Gasteiger partial charge in [-0.25, -0.2) is 4.79 Å². The predicted molar refractivity (Wildman–Crippen MR) is 75.5 cm³/mol. The van der Waals surface area contributed by atoms with E-state index in [2.05, 4.69) is 15.9 Å². The first-order valence-corrected chi connectivity index (χ1v) is 7.04. The second-order valence-corrected chi connectivity index (χ2v) is 6.09. The highest BCUT2D eigenvalue weighted by Gasteiger charge is 2.46. The Morgan fingerprint density at radius 1 is 1.47 bits per heavy atom. The van der Waals surface area contributed by atoms with Gasteiger partial charge in [0.2, 0.25) is 0 Å². The molecule has 1 heterocycles. The maximum absolute atomic E-state index is 12.5. The van der Waals surface area contributed by atoms with Gasteiger partial charge in [-0.1, -0.05) is 27.5 Å². The molecule has 1 aliphatic rings. The molecule has 19 heavy (non-hydrogen) atoms. The molecule has 1 amide bonds. The van der Waals surface area contributed by atoms with Crippen LogP contribution in [0.4, 0.5) is 0 Å². The van der Waals surface area contributed by atoms with Crippen LogP contribution < -0.4 is 0 Å². The fourth-order valence-corrected chi connectivity index (χ4v) is 2.88. The van der Waals surface area contributed by atoms with Gasteiger partial charge in [-0.15, -0.1) is 0 Å². The Morgan fingerprint density at radius 3 is 2.79 bits per heavy atom. The van der Waals surface area contributed by atoms with Crippen molar-refractivity contribution >= 4 is 39.4 Å². The van der Waals surface area contributed by atoms with Gasteiger partial charge in [0.1, 0.15) is 5.54 Å².